The highest BCUT2D eigenvalue weighted by molar-refractivity contribution is 5.89. The van der Waals surface area contributed by atoms with E-state index in [9.17, 15) is 14.9 Å². The Morgan fingerprint density at radius 3 is 2.50 bits per heavy atom. The monoisotopic (exact) mass is 326 g/mol. The molecule has 1 N–H and O–H groups in total. The van der Waals surface area contributed by atoms with Crippen LogP contribution in [0.3, 0.4) is 0 Å². The Balaban J connectivity index is 1.78. The van der Waals surface area contributed by atoms with Crippen LogP contribution < -0.4 is 5.32 Å². The van der Waals surface area contributed by atoms with Crippen molar-refractivity contribution < 1.29 is 9.72 Å². The number of nitro benzene ring substituents is 1. The highest BCUT2D eigenvalue weighted by atomic mass is 16.6. The third-order valence-corrected chi connectivity index (χ3v) is 3.28. The minimum Gasteiger partial charge on any atom is -0.326 e. The van der Waals surface area contributed by atoms with Crippen LogP contribution in [0.5, 0.6) is 0 Å². The average molecular weight is 326 g/mol. The Hall–Kier alpha value is -3.22. The van der Waals surface area contributed by atoms with E-state index in [1.807, 2.05) is 30.3 Å². The lowest BCUT2D eigenvalue weighted by atomic mass is 10.2. The number of hydrogen-bond acceptors (Lipinski definition) is 4. The number of amides is 2. The number of carbonyl (C=O) groups excluding carboxylic acids is 1. The Kier molecular flexibility index (Phi) is 6.01. The van der Waals surface area contributed by atoms with Crippen molar-refractivity contribution >= 4 is 23.6 Å². The minimum atomic E-state index is -0.443. The molecule has 0 aliphatic heterocycles. The summed E-state index contributed by atoms with van der Waals surface area (Å²) in [6.07, 6.45) is 1.63. The molecule has 2 rings (SSSR count). The summed E-state index contributed by atoms with van der Waals surface area (Å²) >= 11 is 0. The molecule has 124 valence electrons. The van der Waals surface area contributed by atoms with E-state index in [-0.39, 0.29) is 11.7 Å². The summed E-state index contributed by atoms with van der Waals surface area (Å²) in [4.78, 5) is 27.9. The van der Waals surface area contributed by atoms with Crippen LogP contribution in [-0.4, -0.2) is 42.2 Å². The first-order chi connectivity index (χ1) is 11.6. The second-order valence-corrected chi connectivity index (χ2v) is 5.10. The topological polar surface area (TPSA) is 87.8 Å². The quantitative estimate of drug-likeness (QED) is 0.502. The number of urea groups is 1. The van der Waals surface area contributed by atoms with Gasteiger partial charge in [-0.05, 0) is 29.8 Å². The predicted octanol–water partition coefficient (Wildman–Crippen LogP) is 3.18. The van der Waals surface area contributed by atoms with E-state index in [1.54, 1.807) is 30.3 Å². The van der Waals surface area contributed by atoms with Gasteiger partial charge in [-0.1, -0.05) is 18.2 Å². The van der Waals surface area contributed by atoms with Crippen molar-refractivity contribution in [2.24, 2.45) is 4.99 Å². The average Bonchev–Trinajstić information content (AvgIpc) is 2.59. The summed E-state index contributed by atoms with van der Waals surface area (Å²) < 4.78 is 0. The van der Waals surface area contributed by atoms with Gasteiger partial charge in [0.15, 0.2) is 0 Å². The lowest BCUT2D eigenvalue weighted by Gasteiger charge is -2.16. The Morgan fingerprint density at radius 1 is 1.21 bits per heavy atom. The maximum atomic E-state index is 12.0. The van der Waals surface area contributed by atoms with E-state index in [4.69, 9.17) is 0 Å². The summed E-state index contributed by atoms with van der Waals surface area (Å²) in [5.74, 6) is 0. The van der Waals surface area contributed by atoms with E-state index in [0.29, 0.717) is 13.1 Å². The normalized spacial score (nSPS) is 10.5. The van der Waals surface area contributed by atoms with E-state index in [2.05, 4.69) is 10.3 Å². The number of aliphatic imine (C=N–C) groups is 1. The van der Waals surface area contributed by atoms with Crippen LogP contribution in [0, 0.1) is 10.1 Å². The molecule has 0 aliphatic rings. The summed E-state index contributed by atoms with van der Waals surface area (Å²) in [7, 11) is 1.69. The molecular formula is C17H18N4O3. The third-order valence-electron chi connectivity index (χ3n) is 3.28. The van der Waals surface area contributed by atoms with Gasteiger partial charge in [-0.25, -0.2) is 4.79 Å². The van der Waals surface area contributed by atoms with Gasteiger partial charge in [0.2, 0.25) is 0 Å². The zero-order valence-electron chi connectivity index (χ0n) is 13.3. The number of carbonyl (C=O) groups is 1. The van der Waals surface area contributed by atoms with Gasteiger partial charge in [0, 0.05) is 37.6 Å². The summed E-state index contributed by atoms with van der Waals surface area (Å²) in [5, 5.41) is 13.4. The van der Waals surface area contributed by atoms with Crippen LogP contribution in [0.25, 0.3) is 0 Å². The Bertz CT molecular complexity index is 714. The van der Waals surface area contributed by atoms with E-state index >= 15 is 0 Å². The Morgan fingerprint density at radius 2 is 1.88 bits per heavy atom. The Labute approximate surface area is 139 Å². The summed E-state index contributed by atoms with van der Waals surface area (Å²) in [5.41, 5.74) is 1.56. The van der Waals surface area contributed by atoms with Crippen molar-refractivity contribution in [2.45, 2.75) is 0 Å². The van der Waals surface area contributed by atoms with Crippen LogP contribution >= 0.6 is 0 Å². The number of non-ortho nitro benzene ring substituents is 1. The van der Waals surface area contributed by atoms with Gasteiger partial charge >= 0.3 is 6.03 Å². The van der Waals surface area contributed by atoms with Crippen molar-refractivity contribution in [1.29, 1.82) is 0 Å². The number of para-hydroxylation sites is 1. The van der Waals surface area contributed by atoms with Gasteiger partial charge in [-0.15, -0.1) is 0 Å². The minimum absolute atomic E-state index is 0.0458. The lowest BCUT2D eigenvalue weighted by molar-refractivity contribution is -0.384. The predicted molar refractivity (Wildman–Crippen MR) is 93.6 cm³/mol. The molecule has 0 bridgehead atoms. The van der Waals surface area contributed by atoms with Gasteiger partial charge in [0.05, 0.1) is 11.5 Å². The smallest absolute Gasteiger partial charge is 0.321 e. The number of benzene rings is 2. The zero-order chi connectivity index (χ0) is 17.4. The number of rotatable bonds is 6. The number of nitro groups is 1. The van der Waals surface area contributed by atoms with E-state index in [1.165, 1.54) is 12.1 Å². The molecule has 2 amide bonds. The van der Waals surface area contributed by atoms with Gasteiger partial charge in [-0.3, -0.25) is 15.1 Å². The molecule has 0 aromatic heterocycles. The van der Waals surface area contributed by atoms with Gasteiger partial charge in [0.25, 0.3) is 5.69 Å². The van der Waals surface area contributed by atoms with Gasteiger partial charge in [-0.2, -0.15) is 0 Å². The number of nitrogens with one attached hydrogen (secondary N) is 1. The van der Waals surface area contributed by atoms with Crippen molar-refractivity contribution in [3.63, 3.8) is 0 Å². The number of likely N-dealkylation sites (N-methyl/N-ethyl adjacent to an activating group) is 1. The van der Waals surface area contributed by atoms with Gasteiger partial charge in [0.1, 0.15) is 0 Å². The van der Waals surface area contributed by atoms with Crippen LogP contribution in [0.2, 0.25) is 0 Å². The molecule has 0 radical (unpaired) electrons. The molecule has 0 unspecified atom stereocenters. The molecule has 2 aromatic rings. The largest absolute Gasteiger partial charge is 0.326 e. The second kappa shape index (κ2) is 8.42. The first-order valence-electron chi connectivity index (χ1n) is 7.38. The highest BCUT2D eigenvalue weighted by Crippen LogP contribution is 2.10. The fraction of sp³-hybridized carbons (Fsp3) is 0.176. The third kappa shape index (κ3) is 5.20. The maximum Gasteiger partial charge on any atom is 0.321 e. The van der Waals surface area contributed by atoms with Crippen LogP contribution in [0.15, 0.2) is 59.6 Å². The first-order valence-corrected chi connectivity index (χ1v) is 7.38. The lowest BCUT2D eigenvalue weighted by Crippen LogP contribution is -2.33. The van der Waals surface area contributed by atoms with Gasteiger partial charge < -0.3 is 10.2 Å². The first kappa shape index (κ1) is 17.1. The van der Waals surface area contributed by atoms with E-state index in [0.717, 1.165) is 11.3 Å². The van der Waals surface area contributed by atoms with E-state index < -0.39 is 4.92 Å². The molecule has 0 spiro atoms. The van der Waals surface area contributed by atoms with Crippen LogP contribution in [0.4, 0.5) is 16.2 Å². The molecule has 7 nitrogen and oxygen atoms in total. The van der Waals surface area contributed by atoms with Crippen molar-refractivity contribution in [3.05, 3.63) is 70.3 Å². The van der Waals surface area contributed by atoms with Crippen molar-refractivity contribution in [1.82, 2.24) is 4.90 Å². The molecule has 0 saturated heterocycles. The molecule has 0 atom stereocenters. The van der Waals surface area contributed by atoms with Crippen molar-refractivity contribution in [3.8, 4) is 0 Å². The van der Waals surface area contributed by atoms with Crippen LogP contribution in [0.1, 0.15) is 5.56 Å². The highest BCUT2D eigenvalue weighted by Gasteiger charge is 2.07. The fourth-order valence-corrected chi connectivity index (χ4v) is 1.90. The number of nitrogens with zero attached hydrogens (tertiary/aromatic N) is 3. The van der Waals surface area contributed by atoms with Crippen molar-refractivity contribution in [2.75, 3.05) is 25.5 Å². The molecule has 0 heterocycles. The molecule has 7 heteroatoms. The maximum absolute atomic E-state index is 12.0. The molecule has 0 fully saturated rings. The zero-order valence-corrected chi connectivity index (χ0v) is 13.3. The number of hydrogen-bond donors (Lipinski definition) is 1. The molecule has 0 saturated carbocycles. The number of anilines is 1. The summed E-state index contributed by atoms with van der Waals surface area (Å²) in [6.45, 7) is 0.901. The summed E-state index contributed by atoms with van der Waals surface area (Å²) in [6, 6.07) is 15.1. The molecule has 2 aromatic carbocycles. The van der Waals surface area contributed by atoms with Crippen LogP contribution in [-0.2, 0) is 0 Å². The molecule has 24 heavy (non-hydrogen) atoms. The standard InChI is InChI=1S/C17H18N4O3/c1-20(17(22)19-15-5-3-2-4-6-15)12-11-18-13-14-7-9-16(10-8-14)21(23)24/h2-10,13H,11-12H2,1H3,(H,19,22). The molecule has 0 aliphatic carbocycles. The fourth-order valence-electron chi connectivity index (χ4n) is 1.90. The molecular weight excluding hydrogens is 308 g/mol. The second-order valence-electron chi connectivity index (χ2n) is 5.10. The SMILES string of the molecule is CN(CCN=Cc1ccc([N+](=O)[O-])cc1)C(=O)Nc1ccccc1.